The maximum atomic E-state index is 12.2. The van der Waals surface area contributed by atoms with Crippen molar-refractivity contribution >= 4 is 17.7 Å². The first kappa shape index (κ1) is 22.5. The van der Waals surface area contributed by atoms with E-state index in [-0.39, 0.29) is 19.3 Å². The van der Waals surface area contributed by atoms with Gasteiger partial charge in [-0.1, -0.05) is 60.6 Å². The number of carbonyl (C=O) groups excluding carboxylic acids is 1. The van der Waals surface area contributed by atoms with Crippen molar-refractivity contribution in [3.8, 4) is 22.5 Å². The number of rotatable bonds is 7. The van der Waals surface area contributed by atoms with Crippen LogP contribution in [-0.2, 0) is 19.7 Å². The lowest BCUT2D eigenvalue weighted by molar-refractivity contribution is -0.163. The van der Waals surface area contributed by atoms with Crippen molar-refractivity contribution in [2.75, 3.05) is 18.5 Å². The molecule has 0 aliphatic carbocycles. The van der Waals surface area contributed by atoms with Crippen LogP contribution in [0, 0.1) is 6.92 Å². The van der Waals surface area contributed by atoms with Crippen molar-refractivity contribution in [3.05, 3.63) is 59.8 Å². The molecule has 1 aliphatic heterocycles. The summed E-state index contributed by atoms with van der Waals surface area (Å²) in [6.45, 7) is 5.89. The van der Waals surface area contributed by atoms with Crippen LogP contribution < -0.4 is 5.32 Å². The summed E-state index contributed by atoms with van der Waals surface area (Å²) in [7, 11) is 0. The van der Waals surface area contributed by atoms with Gasteiger partial charge in [0.2, 0.25) is 0 Å². The summed E-state index contributed by atoms with van der Waals surface area (Å²) in [6.07, 6.45) is -0.0257. The molecule has 0 spiro atoms. The Morgan fingerprint density at radius 2 is 1.67 bits per heavy atom. The predicted octanol–water partition coefficient (Wildman–Crippen LogP) is 5.02. The van der Waals surface area contributed by atoms with Gasteiger partial charge in [-0.25, -0.2) is 4.79 Å². The number of nitrogens with one attached hydrogen (secondary N) is 1. The van der Waals surface area contributed by atoms with Crippen molar-refractivity contribution in [1.82, 2.24) is 5.16 Å². The summed E-state index contributed by atoms with van der Waals surface area (Å²) in [5.74, 6) is -0.422. The molecule has 2 aromatic carbocycles. The summed E-state index contributed by atoms with van der Waals surface area (Å²) < 4.78 is 15.9. The summed E-state index contributed by atoms with van der Waals surface area (Å²) in [6, 6.07) is 15.1. The van der Waals surface area contributed by atoms with Crippen LogP contribution in [0.4, 0.5) is 10.5 Å². The van der Waals surface area contributed by atoms with Crippen LogP contribution >= 0.6 is 0 Å². The molecule has 1 fully saturated rings. The van der Waals surface area contributed by atoms with Crippen LogP contribution in [0.3, 0.4) is 0 Å². The zero-order valence-electron chi connectivity index (χ0n) is 18.8. The minimum absolute atomic E-state index is 0.189. The number of benzene rings is 2. The number of nitrogens with zero attached hydrogens (tertiary/aromatic N) is 1. The first-order chi connectivity index (χ1) is 15.8. The SMILES string of the molecule is CCC(C)OC(=O)Nc1c(C)noc1-c1ccc(-c2ccc(C3(C(=O)O)COC3)cc2)cc1. The van der Waals surface area contributed by atoms with E-state index >= 15 is 0 Å². The normalized spacial score (nSPS) is 15.4. The number of anilines is 1. The smallest absolute Gasteiger partial charge is 0.412 e. The molecule has 2 N–H and O–H groups in total. The summed E-state index contributed by atoms with van der Waals surface area (Å²) >= 11 is 0. The van der Waals surface area contributed by atoms with E-state index in [2.05, 4.69) is 10.5 Å². The maximum absolute atomic E-state index is 12.2. The molecule has 8 nitrogen and oxygen atoms in total. The van der Waals surface area contributed by atoms with E-state index in [1.165, 1.54) is 0 Å². The number of aliphatic carboxylic acids is 1. The van der Waals surface area contributed by atoms with Crippen molar-refractivity contribution in [3.63, 3.8) is 0 Å². The zero-order chi connectivity index (χ0) is 23.6. The molecule has 172 valence electrons. The van der Waals surface area contributed by atoms with E-state index in [1.54, 1.807) is 6.92 Å². The Bertz CT molecular complexity index is 1150. The zero-order valence-corrected chi connectivity index (χ0v) is 18.8. The van der Waals surface area contributed by atoms with E-state index in [4.69, 9.17) is 14.0 Å². The maximum Gasteiger partial charge on any atom is 0.412 e. The molecule has 0 bridgehead atoms. The summed E-state index contributed by atoms with van der Waals surface area (Å²) in [4.78, 5) is 23.8. The lowest BCUT2D eigenvalue weighted by atomic mass is 9.78. The van der Waals surface area contributed by atoms with Crippen molar-refractivity contribution in [2.45, 2.75) is 38.7 Å². The third-order valence-electron chi connectivity index (χ3n) is 6.00. The molecule has 1 atom stereocenters. The molecular weight excluding hydrogens is 424 g/mol. The fraction of sp³-hybridized carbons (Fsp3) is 0.320. The van der Waals surface area contributed by atoms with E-state index in [9.17, 15) is 14.7 Å². The van der Waals surface area contributed by atoms with E-state index in [0.29, 0.717) is 17.1 Å². The summed E-state index contributed by atoms with van der Waals surface area (Å²) in [5, 5.41) is 16.3. The molecule has 4 rings (SSSR count). The second-order valence-corrected chi connectivity index (χ2v) is 8.26. The fourth-order valence-electron chi connectivity index (χ4n) is 3.63. The summed E-state index contributed by atoms with van der Waals surface area (Å²) in [5.41, 5.74) is 3.48. The van der Waals surface area contributed by atoms with Gasteiger partial charge in [0.15, 0.2) is 5.76 Å². The van der Waals surface area contributed by atoms with Gasteiger partial charge in [-0.2, -0.15) is 0 Å². The van der Waals surface area contributed by atoms with E-state index in [0.717, 1.165) is 28.7 Å². The first-order valence-corrected chi connectivity index (χ1v) is 10.8. The largest absolute Gasteiger partial charge is 0.480 e. The second kappa shape index (κ2) is 9.07. The van der Waals surface area contributed by atoms with Crippen LogP contribution in [0.2, 0.25) is 0 Å². The van der Waals surface area contributed by atoms with Crippen LogP contribution in [0.1, 0.15) is 31.5 Å². The average Bonchev–Trinajstić information content (AvgIpc) is 3.13. The Morgan fingerprint density at radius 3 is 2.18 bits per heavy atom. The monoisotopic (exact) mass is 450 g/mol. The van der Waals surface area contributed by atoms with Gasteiger partial charge in [0.05, 0.1) is 13.2 Å². The van der Waals surface area contributed by atoms with Gasteiger partial charge >= 0.3 is 12.1 Å². The first-order valence-electron chi connectivity index (χ1n) is 10.8. The average molecular weight is 450 g/mol. The Morgan fingerprint density at radius 1 is 1.09 bits per heavy atom. The number of amides is 1. The molecule has 1 amide bonds. The molecule has 2 heterocycles. The van der Waals surface area contributed by atoms with Gasteiger partial charge in [-0.05, 0) is 37.0 Å². The molecule has 33 heavy (non-hydrogen) atoms. The highest BCUT2D eigenvalue weighted by atomic mass is 16.6. The molecule has 1 saturated heterocycles. The number of aromatic nitrogens is 1. The fourth-order valence-corrected chi connectivity index (χ4v) is 3.63. The predicted molar refractivity (Wildman–Crippen MR) is 122 cm³/mol. The highest BCUT2D eigenvalue weighted by Gasteiger charge is 2.47. The topological polar surface area (TPSA) is 111 Å². The minimum atomic E-state index is -0.952. The number of hydrogen-bond acceptors (Lipinski definition) is 6. The lowest BCUT2D eigenvalue weighted by Crippen LogP contribution is -2.53. The van der Waals surface area contributed by atoms with Gasteiger partial charge in [0.25, 0.3) is 0 Å². The van der Waals surface area contributed by atoms with Crippen LogP contribution in [0.15, 0.2) is 53.1 Å². The quantitative estimate of drug-likeness (QED) is 0.520. The Hall–Kier alpha value is -3.65. The van der Waals surface area contributed by atoms with Gasteiger partial charge in [-0.3, -0.25) is 10.1 Å². The molecular formula is C25H26N2O6. The van der Waals surface area contributed by atoms with Crippen molar-refractivity contribution in [2.24, 2.45) is 0 Å². The number of ether oxygens (including phenoxy) is 2. The second-order valence-electron chi connectivity index (χ2n) is 8.26. The Balaban J connectivity index is 1.53. The van der Waals surface area contributed by atoms with Gasteiger partial charge < -0.3 is 19.1 Å². The van der Waals surface area contributed by atoms with Crippen LogP contribution in [-0.4, -0.2) is 41.6 Å². The third kappa shape index (κ3) is 4.34. The van der Waals surface area contributed by atoms with Crippen molar-refractivity contribution in [1.29, 1.82) is 0 Å². The number of hydrogen-bond donors (Lipinski definition) is 2. The van der Waals surface area contributed by atoms with Crippen LogP contribution in [0.25, 0.3) is 22.5 Å². The molecule has 3 aromatic rings. The highest BCUT2D eigenvalue weighted by molar-refractivity contribution is 5.91. The number of carboxylic acids is 1. The molecule has 1 aromatic heterocycles. The Labute approximate surface area is 191 Å². The molecule has 0 saturated carbocycles. The van der Waals surface area contributed by atoms with Gasteiger partial charge in [0, 0.05) is 5.56 Å². The van der Waals surface area contributed by atoms with E-state index in [1.807, 2.05) is 62.4 Å². The number of aryl methyl sites for hydroxylation is 1. The lowest BCUT2D eigenvalue weighted by Gasteiger charge is -2.37. The molecule has 0 radical (unpaired) electrons. The van der Waals surface area contributed by atoms with Gasteiger partial charge in [0.1, 0.15) is 22.9 Å². The minimum Gasteiger partial charge on any atom is -0.480 e. The molecule has 1 aliphatic rings. The molecule has 8 heteroatoms. The molecule has 1 unspecified atom stereocenters. The third-order valence-corrected chi connectivity index (χ3v) is 6.00. The number of carboxylic acid groups (broad SMARTS) is 1. The standard InChI is InChI=1S/C25H26N2O6/c1-4-15(2)32-24(30)26-21-16(3)27-33-22(21)19-7-5-17(6-8-19)18-9-11-20(12-10-18)25(23(28)29)13-31-14-25/h5-12,15H,4,13-14H2,1-3H3,(H,26,30)(H,28,29). The number of carbonyl (C=O) groups is 2. The van der Waals surface area contributed by atoms with E-state index < -0.39 is 17.5 Å². The van der Waals surface area contributed by atoms with Crippen molar-refractivity contribution < 1.29 is 28.7 Å². The Kier molecular flexibility index (Phi) is 6.20. The highest BCUT2D eigenvalue weighted by Crippen LogP contribution is 2.35. The van der Waals surface area contributed by atoms with Crippen LogP contribution in [0.5, 0.6) is 0 Å². The van der Waals surface area contributed by atoms with Gasteiger partial charge in [-0.15, -0.1) is 0 Å².